The highest BCUT2D eigenvalue weighted by atomic mass is 35.5. The Balaban J connectivity index is 2.05. The summed E-state index contributed by atoms with van der Waals surface area (Å²) in [4.78, 5) is 8.88. The van der Waals surface area contributed by atoms with Crippen LogP contribution in [-0.2, 0) is 6.42 Å². The van der Waals surface area contributed by atoms with Crippen molar-refractivity contribution in [1.29, 1.82) is 0 Å². The molecule has 0 amide bonds. The number of nitrogens with zero attached hydrogens (tertiary/aromatic N) is 2. The SMILES string of the molecule is CCCc1nc(Cl)c(C)c(NCC2CCSC2)n1. The molecular weight excluding hydrogens is 266 g/mol. The molecule has 1 unspecified atom stereocenters. The molecule has 1 atom stereocenters. The maximum absolute atomic E-state index is 6.15. The van der Waals surface area contributed by atoms with Gasteiger partial charge in [0.2, 0.25) is 0 Å². The Labute approximate surface area is 118 Å². The van der Waals surface area contributed by atoms with Crippen LogP contribution >= 0.6 is 23.4 Å². The van der Waals surface area contributed by atoms with Gasteiger partial charge in [0.05, 0.1) is 0 Å². The van der Waals surface area contributed by atoms with Gasteiger partial charge in [0.1, 0.15) is 16.8 Å². The molecule has 3 nitrogen and oxygen atoms in total. The Morgan fingerprint density at radius 2 is 2.28 bits per heavy atom. The number of aromatic nitrogens is 2. The van der Waals surface area contributed by atoms with Crippen molar-refractivity contribution in [3.63, 3.8) is 0 Å². The number of aryl methyl sites for hydroxylation is 1. The molecular formula is C13H20ClN3S. The molecule has 1 aromatic heterocycles. The molecule has 0 bridgehead atoms. The molecule has 18 heavy (non-hydrogen) atoms. The lowest BCUT2D eigenvalue weighted by Crippen LogP contribution is -2.16. The first-order valence-corrected chi connectivity index (χ1v) is 8.08. The Hall–Kier alpha value is -0.480. The summed E-state index contributed by atoms with van der Waals surface area (Å²) in [7, 11) is 0. The highest BCUT2D eigenvalue weighted by molar-refractivity contribution is 7.99. The lowest BCUT2D eigenvalue weighted by Gasteiger charge is -2.14. The molecule has 0 radical (unpaired) electrons. The van der Waals surface area contributed by atoms with E-state index in [1.165, 1.54) is 17.9 Å². The van der Waals surface area contributed by atoms with E-state index in [0.29, 0.717) is 5.15 Å². The number of halogens is 1. The summed E-state index contributed by atoms with van der Waals surface area (Å²) < 4.78 is 0. The van der Waals surface area contributed by atoms with Crippen molar-refractivity contribution in [3.05, 3.63) is 16.5 Å². The lowest BCUT2D eigenvalue weighted by molar-refractivity contribution is 0.629. The van der Waals surface area contributed by atoms with Gasteiger partial charge < -0.3 is 5.32 Å². The number of hydrogen-bond donors (Lipinski definition) is 1. The van der Waals surface area contributed by atoms with Crippen LogP contribution < -0.4 is 5.32 Å². The average Bonchev–Trinajstić information content (AvgIpc) is 2.85. The number of thioether (sulfide) groups is 1. The molecule has 1 aromatic rings. The summed E-state index contributed by atoms with van der Waals surface area (Å²) in [5.41, 5.74) is 0.960. The van der Waals surface area contributed by atoms with Gasteiger partial charge in [0.15, 0.2) is 0 Å². The van der Waals surface area contributed by atoms with Crippen molar-refractivity contribution in [2.45, 2.75) is 33.1 Å². The third kappa shape index (κ3) is 3.51. The van der Waals surface area contributed by atoms with Crippen molar-refractivity contribution in [1.82, 2.24) is 9.97 Å². The monoisotopic (exact) mass is 285 g/mol. The maximum Gasteiger partial charge on any atom is 0.137 e. The number of rotatable bonds is 5. The fourth-order valence-corrected chi connectivity index (χ4v) is 3.50. The molecule has 0 aliphatic carbocycles. The smallest absolute Gasteiger partial charge is 0.137 e. The van der Waals surface area contributed by atoms with Gasteiger partial charge in [-0.1, -0.05) is 18.5 Å². The van der Waals surface area contributed by atoms with E-state index in [0.717, 1.165) is 42.5 Å². The second-order valence-corrected chi connectivity index (χ2v) is 6.27. The number of anilines is 1. The number of nitrogens with one attached hydrogen (secondary N) is 1. The summed E-state index contributed by atoms with van der Waals surface area (Å²) in [5, 5.41) is 4.03. The van der Waals surface area contributed by atoms with Crippen molar-refractivity contribution in [2.24, 2.45) is 5.92 Å². The van der Waals surface area contributed by atoms with Crippen LogP contribution in [0.15, 0.2) is 0 Å². The second-order valence-electron chi connectivity index (χ2n) is 4.76. The average molecular weight is 286 g/mol. The highest BCUT2D eigenvalue weighted by Crippen LogP contribution is 2.25. The largest absolute Gasteiger partial charge is 0.369 e. The molecule has 1 N–H and O–H groups in total. The summed E-state index contributed by atoms with van der Waals surface area (Å²) in [6, 6.07) is 0. The Morgan fingerprint density at radius 1 is 1.44 bits per heavy atom. The summed E-state index contributed by atoms with van der Waals surface area (Å²) >= 11 is 8.19. The van der Waals surface area contributed by atoms with E-state index >= 15 is 0 Å². The molecule has 0 spiro atoms. The minimum absolute atomic E-state index is 0.580. The van der Waals surface area contributed by atoms with Gasteiger partial charge in [-0.3, -0.25) is 0 Å². The van der Waals surface area contributed by atoms with E-state index in [2.05, 4.69) is 22.2 Å². The van der Waals surface area contributed by atoms with Crippen molar-refractivity contribution >= 4 is 29.2 Å². The summed E-state index contributed by atoms with van der Waals surface area (Å²) in [6.45, 7) is 5.09. The van der Waals surface area contributed by atoms with Gasteiger partial charge >= 0.3 is 0 Å². The Bertz CT molecular complexity index is 405. The highest BCUT2D eigenvalue weighted by Gasteiger charge is 2.16. The van der Waals surface area contributed by atoms with Crippen LogP contribution in [0.4, 0.5) is 5.82 Å². The Kier molecular flexibility index (Phi) is 5.13. The molecule has 2 rings (SSSR count). The van der Waals surface area contributed by atoms with Gasteiger partial charge in [-0.2, -0.15) is 11.8 Å². The fourth-order valence-electron chi connectivity index (χ4n) is 2.03. The van der Waals surface area contributed by atoms with Gasteiger partial charge in [-0.05, 0) is 37.2 Å². The van der Waals surface area contributed by atoms with Crippen LogP contribution in [0.5, 0.6) is 0 Å². The summed E-state index contributed by atoms with van der Waals surface area (Å²) in [5.74, 6) is 5.06. The quantitative estimate of drug-likeness (QED) is 0.840. The van der Waals surface area contributed by atoms with E-state index in [9.17, 15) is 0 Å². The topological polar surface area (TPSA) is 37.8 Å². The van der Waals surface area contributed by atoms with Gasteiger partial charge in [0.25, 0.3) is 0 Å². The van der Waals surface area contributed by atoms with Crippen molar-refractivity contribution in [2.75, 3.05) is 23.4 Å². The lowest BCUT2D eigenvalue weighted by atomic mass is 10.1. The van der Waals surface area contributed by atoms with E-state index < -0.39 is 0 Å². The molecule has 5 heteroatoms. The fraction of sp³-hybridized carbons (Fsp3) is 0.692. The van der Waals surface area contributed by atoms with E-state index in [4.69, 9.17) is 11.6 Å². The Morgan fingerprint density at radius 3 is 2.94 bits per heavy atom. The van der Waals surface area contributed by atoms with Crippen molar-refractivity contribution in [3.8, 4) is 0 Å². The third-order valence-electron chi connectivity index (χ3n) is 3.19. The van der Waals surface area contributed by atoms with E-state index in [1.54, 1.807) is 0 Å². The predicted octanol–water partition coefficient (Wildman–Crippen LogP) is 3.56. The van der Waals surface area contributed by atoms with Gasteiger partial charge in [0, 0.05) is 18.5 Å². The van der Waals surface area contributed by atoms with Crippen LogP contribution in [0.25, 0.3) is 0 Å². The normalized spacial score (nSPS) is 19.2. The van der Waals surface area contributed by atoms with Crippen LogP contribution in [0.1, 0.15) is 31.2 Å². The molecule has 1 fully saturated rings. The van der Waals surface area contributed by atoms with Gasteiger partial charge in [-0.15, -0.1) is 0 Å². The zero-order chi connectivity index (χ0) is 13.0. The molecule has 100 valence electrons. The maximum atomic E-state index is 6.15. The first-order valence-electron chi connectivity index (χ1n) is 6.55. The zero-order valence-corrected chi connectivity index (χ0v) is 12.6. The number of hydrogen-bond acceptors (Lipinski definition) is 4. The van der Waals surface area contributed by atoms with Crippen molar-refractivity contribution < 1.29 is 0 Å². The molecule has 0 saturated carbocycles. The van der Waals surface area contributed by atoms with Crippen LogP contribution in [0, 0.1) is 12.8 Å². The summed E-state index contributed by atoms with van der Waals surface area (Å²) in [6.07, 6.45) is 3.23. The van der Waals surface area contributed by atoms with E-state index in [1.807, 2.05) is 18.7 Å². The van der Waals surface area contributed by atoms with Crippen LogP contribution in [-0.4, -0.2) is 28.0 Å². The third-order valence-corrected chi connectivity index (χ3v) is 4.79. The van der Waals surface area contributed by atoms with Crippen LogP contribution in [0.2, 0.25) is 5.15 Å². The van der Waals surface area contributed by atoms with E-state index in [-0.39, 0.29) is 0 Å². The molecule has 1 saturated heterocycles. The molecule has 0 aromatic carbocycles. The van der Waals surface area contributed by atoms with Gasteiger partial charge in [-0.25, -0.2) is 9.97 Å². The predicted molar refractivity (Wildman–Crippen MR) is 79.7 cm³/mol. The molecule has 1 aliphatic heterocycles. The second kappa shape index (κ2) is 6.62. The minimum Gasteiger partial charge on any atom is -0.369 e. The zero-order valence-electron chi connectivity index (χ0n) is 11.0. The molecule has 1 aliphatic rings. The first-order chi connectivity index (χ1) is 8.70. The molecule has 2 heterocycles. The van der Waals surface area contributed by atoms with Crippen LogP contribution in [0.3, 0.4) is 0 Å². The standard InChI is InChI=1S/C13H20ClN3S/c1-3-4-11-16-12(14)9(2)13(17-11)15-7-10-5-6-18-8-10/h10H,3-8H2,1-2H3,(H,15,16,17). The first kappa shape index (κ1) is 13.9. The minimum atomic E-state index is 0.580.